The van der Waals surface area contributed by atoms with Crippen LogP contribution in [0.3, 0.4) is 0 Å². The van der Waals surface area contributed by atoms with Crippen molar-refractivity contribution < 1.29 is 12.8 Å². The second-order valence-corrected chi connectivity index (χ2v) is 6.36. The van der Waals surface area contributed by atoms with Gasteiger partial charge in [0.25, 0.3) is 0 Å². The minimum Gasteiger partial charge on any atom is -0.315 e. The van der Waals surface area contributed by atoms with E-state index in [0.29, 0.717) is 25.2 Å². The zero-order valence-electron chi connectivity index (χ0n) is 10.5. The van der Waals surface area contributed by atoms with Crippen molar-refractivity contribution in [1.82, 2.24) is 9.62 Å². The SMILES string of the molecule is Cl.O=S(=O)(Cc1cccc(F)c1)N1CCCNCC1. The van der Waals surface area contributed by atoms with E-state index in [0.717, 1.165) is 13.0 Å². The van der Waals surface area contributed by atoms with Gasteiger partial charge in [-0.25, -0.2) is 17.1 Å². The van der Waals surface area contributed by atoms with Crippen molar-refractivity contribution in [2.75, 3.05) is 26.2 Å². The summed E-state index contributed by atoms with van der Waals surface area (Å²) in [4.78, 5) is 0. The molecule has 2 rings (SSSR count). The van der Waals surface area contributed by atoms with Crippen molar-refractivity contribution >= 4 is 22.4 Å². The average molecular weight is 309 g/mol. The van der Waals surface area contributed by atoms with Crippen molar-refractivity contribution in [3.05, 3.63) is 35.6 Å². The first-order valence-electron chi connectivity index (χ1n) is 6.01. The number of nitrogens with one attached hydrogen (secondary N) is 1. The molecule has 0 saturated carbocycles. The Labute approximate surface area is 119 Å². The van der Waals surface area contributed by atoms with Gasteiger partial charge in [-0.05, 0) is 30.7 Å². The third-order valence-corrected chi connectivity index (χ3v) is 4.78. The van der Waals surface area contributed by atoms with Crippen LogP contribution in [0.5, 0.6) is 0 Å². The molecule has 0 radical (unpaired) electrons. The number of hydrogen-bond donors (Lipinski definition) is 1. The van der Waals surface area contributed by atoms with E-state index in [4.69, 9.17) is 0 Å². The third-order valence-electron chi connectivity index (χ3n) is 2.93. The van der Waals surface area contributed by atoms with Crippen LogP contribution in [-0.2, 0) is 15.8 Å². The van der Waals surface area contributed by atoms with Crippen LogP contribution in [0.4, 0.5) is 4.39 Å². The van der Waals surface area contributed by atoms with Crippen LogP contribution < -0.4 is 5.32 Å². The Balaban J connectivity index is 0.00000180. The Kier molecular flexibility index (Phi) is 6.19. The molecule has 1 aromatic carbocycles. The predicted octanol–water partition coefficient (Wildman–Crippen LogP) is 1.37. The van der Waals surface area contributed by atoms with Crippen LogP contribution in [-0.4, -0.2) is 38.9 Å². The summed E-state index contributed by atoms with van der Waals surface area (Å²) in [7, 11) is -3.35. The highest BCUT2D eigenvalue weighted by molar-refractivity contribution is 7.88. The van der Waals surface area contributed by atoms with Crippen molar-refractivity contribution in [2.24, 2.45) is 0 Å². The zero-order valence-corrected chi connectivity index (χ0v) is 12.1. The lowest BCUT2D eigenvalue weighted by atomic mass is 10.2. The van der Waals surface area contributed by atoms with Crippen molar-refractivity contribution in [2.45, 2.75) is 12.2 Å². The summed E-state index contributed by atoms with van der Waals surface area (Å²) in [5, 5.41) is 3.16. The summed E-state index contributed by atoms with van der Waals surface area (Å²) in [6.45, 7) is 2.52. The quantitative estimate of drug-likeness (QED) is 0.917. The average Bonchev–Trinajstić information content (AvgIpc) is 2.57. The molecule has 1 saturated heterocycles. The molecule has 1 fully saturated rings. The normalized spacial score (nSPS) is 17.5. The fourth-order valence-corrected chi connectivity index (χ4v) is 3.59. The van der Waals surface area contributed by atoms with E-state index in [1.807, 2.05) is 0 Å². The summed E-state index contributed by atoms with van der Waals surface area (Å²) in [6.07, 6.45) is 0.808. The molecule has 1 N–H and O–H groups in total. The zero-order chi connectivity index (χ0) is 13.0. The maximum Gasteiger partial charge on any atom is 0.218 e. The number of halogens is 2. The fourth-order valence-electron chi connectivity index (χ4n) is 2.03. The van der Waals surface area contributed by atoms with Crippen LogP contribution in [0.2, 0.25) is 0 Å². The standard InChI is InChI=1S/C12H17FN2O2S.ClH/c13-12-4-1-3-11(9-12)10-18(16,17)15-7-2-5-14-6-8-15;/h1,3-4,9,14H,2,5-8,10H2;1H. The van der Waals surface area contributed by atoms with Crippen LogP contribution in [0, 0.1) is 5.82 Å². The Morgan fingerprint density at radius 1 is 1.26 bits per heavy atom. The number of rotatable bonds is 3. The lowest BCUT2D eigenvalue weighted by molar-refractivity contribution is 0.431. The van der Waals surface area contributed by atoms with Crippen LogP contribution in [0.25, 0.3) is 0 Å². The molecule has 19 heavy (non-hydrogen) atoms. The Morgan fingerprint density at radius 2 is 2.05 bits per heavy atom. The van der Waals surface area contributed by atoms with Crippen LogP contribution in [0.1, 0.15) is 12.0 Å². The van der Waals surface area contributed by atoms with Gasteiger partial charge >= 0.3 is 0 Å². The van der Waals surface area contributed by atoms with Gasteiger partial charge in [-0.15, -0.1) is 12.4 Å². The van der Waals surface area contributed by atoms with E-state index >= 15 is 0 Å². The van der Waals surface area contributed by atoms with E-state index in [1.165, 1.54) is 22.5 Å². The number of sulfonamides is 1. The van der Waals surface area contributed by atoms with Gasteiger partial charge in [0.05, 0.1) is 5.75 Å². The summed E-state index contributed by atoms with van der Waals surface area (Å²) >= 11 is 0. The second-order valence-electron chi connectivity index (χ2n) is 4.39. The van der Waals surface area contributed by atoms with Crippen LogP contribution in [0.15, 0.2) is 24.3 Å². The molecular formula is C12H18ClFN2O2S. The molecule has 1 aliphatic rings. The molecular weight excluding hydrogens is 291 g/mol. The third kappa shape index (κ3) is 4.72. The highest BCUT2D eigenvalue weighted by Crippen LogP contribution is 2.13. The molecule has 4 nitrogen and oxygen atoms in total. The van der Waals surface area contributed by atoms with E-state index in [2.05, 4.69) is 5.32 Å². The van der Waals surface area contributed by atoms with E-state index < -0.39 is 15.8 Å². The lowest BCUT2D eigenvalue weighted by Gasteiger charge is -2.19. The number of nitrogens with zero attached hydrogens (tertiary/aromatic N) is 1. The van der Waals surface area contributed by atoms with Gasteiger partial charge in [0.15, 0.2) is 0 Å². The number of benzene rings is 1. The Morgan fingerprint density at radius 3 is 2.79 bits per heavy atom. The molecule has 108 valence electrons. The summed E-state index contributed by atoms with van der Waals surface area (Å²) in [5.41, 5.74) is 0.493. The highest BCUT2D eigenvalue weighted by Gasteiger charge is 2.23. The van der Waals surface area contributed by atoms with Crippen molar-refractivity contribution in [1.29, 1.82) is 0 Å². The highest BCUT2D eigenvalue weighted by atomic mass is 35.5. The molecule has 1 aliphatic heterocycles. The van der Waals surface area contributed by atoms with Crippen molar-refractivity contribution in [3.63, 3.8) is 0 Å². The molecule has 7 heteroatoms. The van der Waals surface area contributed by atoms with E-state index in [-0.39, 0.29) is 18.2 Å². The summed E-state index contributed by atoms with van der Waals surface area (Å²) in [6, 6.07) is 5.75. The largest absolute Gasteiger partial charge is 0.315 e. The summed E-state index contributed by atoms with van der Waals surface area (Å²) < 4.78 is 38.9. The first-order chi connectivity index (χ1) is 8.58. The molecule has 0 unspecified atom stereocenters. The van der Waals surface area contributed by atoms with Gasteiger partial charge in [0, 0.05) is 19.6 Å². The van der Waals surface area contributed by atoms with Gasteiger partial charge in [-0.1, -0.05) is 12.1 Å². The Hall–Kier alpha value is -0.690. The first-order valence-corrected chi connectivity index (χ1v) is 7.62. The minimum absolute atomic E-state index is 0. The second kappa shape index (κ2) is 7.19. The van der Waals surface area contributed by atoms with Crippen LogP contribution >= 0.6 is 12.4 Å². The van der Waals surface area contributed by atoms with Gasteiger partial charge in [-0.3, -0.25) is 0 Å². The first kappa shape index (κ1) is 16.4. The van der Waals surface area contributed by atoms with Gasteiger partial charge in [-0.2, -0.15) is 0 Å². The van der Waals surface area contributed by atoms with E-state index in [1.54, 1.807) is 6.07 Å². The molecule has 0 bridgehead atoms. The van der Waals surface area contributed by atoms with E-state index in [9.17, 15) is 12.8 Å². The maximum absolute atomic E-state index is 13.0. The molecule has 0 aromatic heterocycles. The van der Waals surface area contributed by atoms with Gasteiger partial charge in [0.2, 0.25) is 10.0 Å². The topological polar surface area (TPSA) is 49.4 Å². The molecule has 0 atom stereocenters. The molecule has 0 aliphatic carbocycles. The fraction of sp³-hybridized carbons (Fsp3) is 0.500. The molecule has 0 spiro atoms. The summed E-state index contributed by atoms with van der Waals surface area (Å²) in [5.74, 6) is -0.537. The molecule has 1 heterocycles. The Bertz CT molecular complexity index is 502. The minimum atomic E-state index is -3.35. The van der Waals surface area contributed by atoms with Gasteiger partial charge < -0.3 is 5.32 Å². The maximum atomic E-state index is 13.0. The van der Waals surface area contributed by atoms with Crippen molar-refractivity contribution in [3.8, 4) is 0 Å². The molecule has 1 aromatic rings. The lowest BCUT2D eigenvalue weighted by Crippen LogP contribution is -2.35. The smallest absolute Gasteiger partial charge is 0.218 e. The predicted molar refractivity (Wildman–Crippen MR) is 75.3 cm³/mol. The monoisotopic (exact) mass is 308 g/mol. The number of hydrogen-bond acceptors (Lipinski definition) is 3. The van der Waals surface area contributed by atoms with Gasteiger partial charge in [0.1, 0.15) is 5.82 Å². The molecule has 0 amide bonds.